The Morgan fingerprint density at radius 1 is 0.533 bits per heavy atom. The van der Waals surface area contributed by atoms with Crippen molar-refractivity contribution in [2.45, 2.75) is 9.79 Å². The second kappa shape index (κ2) is 9.79. The molecule has 0 saturated carbocycles. The zero-order valence-electron chi connectivity index (χ0n) is 16.9. The summed E-state index contributed by atoms with van der Waals surface area (Å²) >= 11 is 3.48. The molecule has 30 heavy (non-hydrogen) atoms. The van der Waals surface area contributed by atoms with Crippen molar-refractivity contribution < 1.29 is 0 Å². The molecule has 0 amide bonds. The van der Waals surface area contributed by atoms with Crippen molar-refractivity contribution in [1.82, 2.24) is 0 Å². The molecule has 0 bridgehead atoms. The summed E-state index contributed by atoms with van der Waals surface area (Å²) in [5, 5.41) is 2.20. The maximum atomic E-state index is 4.75. The average Bonchev–Trinajstić information content (AvgIpc) is 2.82. The van der Waals surface area contributed by atoms with Gasteiger partial charge in [-0.1, -0.05) is 48.5 Å². The van der Waals surface area contributed by atoms with Crippen LogP contribution in [-0.2, 0) is 0 Å². The van der Waals surface area contributed by atoms with E-state index in [1.165, 1.54) is 9.79 Å². The standard InChI is InChI=1S/C26H22N2S2/c1-29-21-13-9-19(10-14-21)17-27-25-7-3-6-24-23(25)5-4-8-26(24)28-18-20-11-15-22(30-2)16-12-20/h3-18H,1-2H3. The Bertz CT molecular complexity index is 1100. The molecule has 0 aliphatic heterocycles. The van der Waals surface area contributed by atoms with Crippen LogP contribution in [0.1, 0.15) is 11.1 Å². The molecule has 0 heterocycles. The van der Waals surface area contributed by atoms with Crippen LogP contribution in [0.5, 0.6) is 0 Å². The van der Waals surface area contributed by atoms with E-state index in [1.807, 2.05) is 36.7 Å². The van der Waals surface area contributed by atoms with Crippen LogP contribution >= 0.6 is 23.5 Å². The third kappa shape index (κ3) is 4.84. The number of nitrogens with zero attached hydrogens (tertiary/aromatic N) is 2. The fraction of sp³-hybridized carbons (Fsp3) is 0.0769. The lowest BCUT2D eigenvalue weighted by Crippen LogP contribution is -1.82. The SMILES string of the molecule is CSc1ccc(C=Nc2cccc3c(N=Cc4ccc(SC)cc4)cccc23)cc1. The van der Waals surface area contributed by atoms with Gasteiger partial charge in [-0.25, -0.2) is 0 Å². The Kier molecular flexibility index (Phi) is 6.67. The molecule has 0 N–H and O–H groups in total. The van der Waals surface area contributed by atoms with Crippen LogP contribution in [0.15, 0.2) is 105 Å². The molecule has 0 radical (unpaired) electrons. The molecule has 0 aliphatic carbocycles. The van der Waals surface area contributed by atoms with E-state index in [9.17, 15) is 0 Å². The lowest BCUT2D eigenvalue weighted by atomic mass is 10.1. The highest BCUT2D eigenvalue weighted by Gasteiger charge is 2.03. The van der Waals surface area contributed by atoms with Gasteiger partial charge in [0.25, 0.3) is 0 Å². The number of aliphatic imine (C=N–C) groups is 2. The average molecular weight is 427 g/mol. The first-order valence-corrected chi connectivity index (χ1v) is 12.1. The molecular weight excluding hydrogens is 404 g/mol. The maximum absolute atomic E-state index is 4.75. The lowest BCUT2D eigenvalue weighted by Gasteiger charge is -2.05. The van der Waals surface area contributed by atoms with Gasteiger partial charge in [-0.15, -0.1) is 23.5 Å². The van der Waals surface area contributed by atoms with Crippen molar-refractivity contribution in [3.8, 4) is 0 Å². The molecule has 2 nitrogen and oxygen atoms in total. The Hall–Kier alpha value is -2.82. The van der Waals surface area contributed by atoms with E-state index in [0.29, 0.717) is 0 Å². The molecule has 4 heteroatoms. The first-order valence-electron chi connectivity index (χ1n) is 9.65. The topological polar surface area (TPSA) is 24.7 Å². The van der Waals surface area contributed by atoms with E-state index >= 15 is 0 Å². The summed E-state index contributed by atoms with van der Waals surface area (Å²) in [6.07, 6.45) is 8.00. The first kappa shape index (κ1) is 20.5. The fourth-order valence-electron chi connectivity index (χ4n) is 3.17. The van der Waals surface area contributed by atoms with Crippen LogP contribution in [-0.4, -0.2) is 24.9 Å². The highest BCUT2D eigenvalue weighted by molar-refractivity contribution is 7.98. The minimum absolute atomic E-state index is 0.947. The summed E-state index contributed by atoms with van der Waals surface area (Å²) in [6.45, 7) is 0. The van der Waals surface area contributed by atoms with E-state index in [1.54, 1.807) is 23.5 Å². The molecule has 0 aliphatic rings. The van der Waals surface area contributed by atoms with Crippen molar-refractivity contribution in [3.05, 3.63) is 96.1 Å². The van der Waals surface area contributed by atoms with Gasteiger partial charge in [0.05, 0.1) is 11.4 Å². The van der Waals surface area contributed by atoms with Gasteiger partial charge in [0.1, 0.15) is 0 Å². The molecule has 0 unspecified atom stereocenters. The summed E-state index contributed by atoms with van der Waals surface area (Å²) in [5.74, 6) is 0. The quantitative estimate of drug-likeness (QED) is 0.232. The van der Waals surface area contributed by atoms with Crippen molar-refractivity contribution in [3.63, 3.8) is 0 Å². The molecule has 0 saturated heterocycles. The summed E-state index contributed by atoms with van der Waals surface area (Å²) in [7, 11) is 0. The van der Waals surface area contributed by atoms with Crippen LogP contribution in [0.25, 0.3) is 10.8 Å². The highest BCUT2D eigenvalue weighted by Crippen LogP contribution is 2.32. The van der Waals surface area contributed by atoms with E-state index in [-0.39, 0.29) is 0 Å². The number of hydrogen-bond donors (Lipinski definition) is 0. The summed E-state index contributed by atoms with van der Waals surface area (Å²) in [6, 6.07) is 29.2. The fourth-order valence-corrected chi connectivity index (χ4v) is 3.99. The van der Waals surface area contributed by atoms with Gasteiger partial charge in [-0.3, -0.25) is 9.98 Å². The molecule has 0 aromatic heterocycles. The van der Waals surface area contributed by atoms with Crippen molar-refractivity contribution in [2.75, 3.05) is 12.5 Å². The predicted molar refractivity (Wildman–Crippen MR) is 135 cm³/mol. The van der Waals surface area contributed by atoms with E-state index < -0.39 is 0 Å². The predicted octanol–water partition coefficient (Wildman–Crippen LogP) is 7.78. The zero-order chi connectivity index (χ0) is 20.8. The molecule has 4 aromatic carbocycles. The van der Waals surface area contributed by atoms with Gasteiger partial charge in [-0.05, 0) is 60.0 Å². The molecule has 0 atom stereocenters. The second-order valence-corrected chi connectivity index (χ2v) is 8.47. The molecule has 4 aromatic rings. The third-order valence-electron chi connectivity index (χ3n) is 4.81. The largest absolute Gasteiger partial charge is 0.256 e. The van der Waals surface area contributed by atoms with E-state index in [4.69, 9.17) is 9.98 Å². The highest BCUT2D eigenvalue weighted by atomic mass is 32.2. The third-order valence-corrected chi connectivity index (χ3v) is 6.30. The van der Waals surface area contributed by atoms with Gasteiger partial charge < -0.3 is 0 Å². The molecule has 0 spiro atoms. The second-order valence-electron chi connectivity index (χ2n) is 6.71. The number of rotatable bonds is 6. The Morgan fingerprint density at radius 2 is 0.933 bits per heavy atom. The summed E-state index contributed by atoms with van der Waals surface area (Å²) in [5.41, 5.74) is 4.07. The minimum Gasteiger partial charge on any atom is -0.256 e. The van der Waals surface area contributed by atoms with Crippen LogP contribution in [0.4, 0.5) is 11.4 Å². The minimum atomic E-state index is 0.947. The van der Waals surface area contributed by atoms with Crippen molar-refractivity contribution in [2.24, 2.45) is 9.98 Å². The van der Waals surface area contributed by atoms with E-state index in [0.717, 1.165) is 33.3 Å². The van der Waals surface area contributed by atoms with Gasteiger partial charge >= 0.3 is 0 Å². The molecular formula is C26H22N2S2. The van der Waals surface area contributed by atoms with Crippen LogP contribution in [0.2, 0.25) is 0 Å². The van der Waals surface area contributed by atoms with Gasteiger partial charge in [0, 0.05) is 33.0 Å². The van der Waals surface area contributed by atoms with Gasteiger partial charge in [-0.2, -0.15) is 0 Å². The lowest BCUT2D eigenvalue weighted by molar-refractivity contribution is 1.45. The Balaban J connectivity index is 1.63. The monoisotopic (exact) mass is 426 g/mol. The van der Waals surface area contributed by atoms with Crippen LogP contribution < -0.4 is 0 Å². The van der Waals surface area contributed by atoms with E-state index in [2.05, 4.69) is 73.2 Å². The molecule has 0 fully saturated rings. The number of benzene rings is 4. The summed E-state index contributed by atoms with van der Waals surface area (Å²) < 4.78 is 0. The first-order chi connectivity index (χ1) is 14.8. The Labute approximate surface area is 186 Å². The number of fused-ring (bicyclic) bond motifs is 1. The normalized spacial score (nSPS) is 11.7. The zero-order valence-corrected chi connectivity index (χ0v) is 18.6. The Morgan fingerprint density at radius 3 is 1.30 bits per heavy atom. The van der Waals surface area contributed by atoms with Gasteiger partial charge in [0.15, 0.2) is 0 Å². The number of hydrogen-bond acceptors (Lipinski definition) is 4. The van der Waals surface area contributed by atoms with Gasteiger partial charge in [0.2, 0.25) is 0 Å². The van der Waals surface area contributed by atoms with Crippen molar-refractivity contribution in [1.29, 1.82) is 0 Å². The summed E-state index contributed by atoms with van der Waals surface area (Å²) in [4.78, 5) is 12.0. The van der Waals surface area contributed by atoms with Crippen LogP contribution in [0, 0.1) is 0 Å². The molecule has 4 rings (SSSR count). The van der Waals surface area contributed by atoms with Crippen LogP contribution in [0.3, 0.4) is 0 Å². The van der Waals surface area contributed by atoms with Crippen molar-refractivity contribution >= 4 is 58.1 Å². The smallest absolute Gasteiger partial charge is 0.0709 e. The number of thioether (sulfide) groups is 2. The maximum Gasteiger partial charge on any atom is 0.0709 e. The molecule has 148 valence electrons.